The van der Waals surface area contributed by atoms with Crippen LogP contribution in [0.2, 0.25) is 0 Å². The van der Waals surface area contributed by atoms with Crippen LogP contribution in [0.5, 0.6) is 5.75 Å². The molecule has 0 radical (unpaired) electrons. The molecule has 5 atom stereocenters. The van der Waals surface area contributed by atoms with E-state index in [1.807, 2.05) is 6.92 Å². The van der Waals surface area contributed by atoms with Crippen molar-refractivity contribution >= 4 is 33.6 Å². The molecule has 1 unspecified atom stereocenters. The van der Waals surface area contributed by atoms with Crippen LogP contribution in [0, 0.1) is 12.7 Å². The monoisotopic (exact) mass is 466 g/mol. The van der Waals surface area contributed by atoms with Crippen LogP contribution in [0.25, 0.3) is 21.9 Å². The van der Waals surface area contributed by atoms with Crippen LogP contribution in [0.1, 0.15) is 24.6 Å². The number of hydrogen-bond donors (Lipinski definition) is 4. The number of aromatic nitrogens is 4. The number of aryl methyl sites for hydroxylation is 1. The van der Waals surface area contributed by atoms with Crippen LogP contribution < -0.4 is 16.2 Å². The van der Waals surface area contributed by atoms with Crippen LogP contribution in [0.4, 0.5) is 16.0 Å². The summed E-state index contributed by atoms with van der Waals surface area (Å²) >= 11 is 0. The summed E-state index contributed by atoms with van der Waals surface area (Å²) in [5.41, 5.74) is 11.9. The summed E-state index contributed by atoms with van der Waals surface area (Å²) in [6.07, 6.45) is 0.493. The average Bonchev–Trinajstić information content (AvgIpc) is 3.39. The van der Waals surface area contributed by atoms with Crippen LogP contribution >= 0.6 is 0 Å². The smallest absolute Gasteiger partial charge is 0.165 e. The second kappa shape index (κ2) is 7.23. The quantitative estimate of drug-likeness (QED) is 0.354. The number of aliphatic hydroxyl groups is 2. The maximum absolute atomic E-state index is 13.7. The molecular formula is C23H23FN6O4. The van der Waals surface area contributed by atoms with Crippen LogP contribution in [-0.2, 0) is 4.74 Å². The SMILES string of the molecule is Cc1cn([C@@H]2O[C@@H]3[C@@H](Oc4ccc5cc(F)c(N)nc5c4)CC[C@]3(O)C2O)c2ncnc(N)c12. The Morgan fingerprint density at radius 2 is 2.06 bits per heavy atom. The topological polar surface area (TPSA) is 155 Å². The number of nitrogen functional groups attached to an aromatic ring is 2. The predicted molar refractivity (Wildman–Crippen MR) is 121 cm³/mol. The van der Waals surface area contributed by atoms with Crippen molar-refractivity contribution in [1.82, 2.24) is 19.5 Å². The van der Waals surface area contributed by atoms with E-state index in [0.717, 1.165) is 5.56 Å². The standard InChI is InChI=1S/C23H23FN6O4/c1-10-8-30(21-16(10)20(26)27-9-28-21)22-17(31)23(32)5-4-15(18(23)34-22)33-12-3-2-11-6-13(24)19(25)29-14(11)7-12/h2-3,6-9,15,17-18,22,31-32H,4-5H2,1H3,(H2,25,29)(H2,26,27,28)/t15-,17?,18+,22+,23-/m0/s1. The highest BCUT2D eigenvalue weighted by atomic mass is 19.1. The van der Waals surface area contributed by atoms with Gasteiger partial charge in [-0.1, -0.05) is 0 Å². The van der Waals surface area contributed by atoms with E-state index in [1.165, 1.54) is 12.4 Å². The number of hydrogen-bond acceptors (Lipinski definition) is 9. The van der Waals surface area contributed by atoms with Gasteiger partial charge in [-0.2, -0.15) is 0 Å². The van der Waals surface area contributed by atoms with Gasteiger partial charge in [0.05, 0.1) is 10.9 Å². The lowest BCUT2D eigenvalue weighted by Crippen LogP contribution is -2.47. The van der Waals surface area contributed by atoms with E-state index in [4.69, 9.17) is 20.9 Å². The Morgan fingerprint density at radius 1 is 1.24 bits per heavy atom. The molecule has 4 heterocycles. The predicted octanol–water partition coefficient (Wildman–Crippen LogP) is 1.82. The molecule has 2 aliphatic rings. The number of nitrogens with two attached hydrogens (primary N) is 2. The number of nitrogens with zero attached hydrogens (tertiary/aromatic N) is 4. The van der Waals surface area contributed by atoms with Crippen molar-refractivity contribution in [2.75, 3.05) is 11.5 Å². The van der Waals surface area contributed by atoms with Crippen molar-refractivity contribution < 1.29 is 24.1 Å². The highest BCUT2D eigenvalue weighted by molar-refractivity contribution is 5.89. The third kappa shape index (κ3) is 2.94. The van der Waals surface area contributed by atoms with E-state index in [9.17, 15) is 14.6 Å². The van der Waals surface area contributed by atoms with Gasteiger partial charge in [-0.3, -0.25) is 0 Å². The zero-order valence-electron chi connectivity index (χ0n) is 18.2. The van der Waals surface area contributed by atoms with Crippen LogP contribution in [0.15, 0.2) is 36.8 Å². The van der Waals surface area contributed by atoms with Crippen LogP contribution in [-0.4, -0.2) is 53.6 Å². The molecular weight excluding hydrogens is 443 g/mol. The fourth-order valence-electron chi connectivity index (χ4n) is 5.20. The van der Waals surface area contributed by atoms with E-state index < -0.39 is 36.0 Å². The lowest BCUT2D eigenvalue weighted by Gasteiger charge is -2.26. The normalized spacial score (nSPS) is 28.6. The molecule has 176 valence electrons. The number of rotatable bonds is 3. The molecule has 1 saturated carbocycles. The van der Waals surface area contributed by atoms with Gasteiger partial charge in [0.15, 0.2) is 17.9 Å². The first-order valence-electron chi connectivity index (χ1n) is 10.9. The van der Waals surface area contributed by atoms with E-state index in [-0.39, 0.29) is 5.82 Å². The minimum Gasteiger partial charge on any atom is -0.488 e. The summed E-state index contributed by atoms with van der Waals surface area (Å²) in [4.78, 5) is 12.4. The van der Waals surface area contributed by atoms with E-state index in [1.54, 1.807) is 29.0 Å². The van der Waals surface area contributed by atoms with Gasteiger partial charge < -0.3 is 35.7 Å². The average molecular weight is 466 g/mol. The zero-order chi connectivity index (χ0) is 23.8. The van der Waals surface area contributed by atoms with Crippen molar-refractivity contribution in [2.45, 2.75) is 49.9 Å². The first-order chi connectivity index (χ1) is 16.3. The molecule has 6 N–H and O–H groups in total. The lowest BCUT2D eigenvalue weighted by atomic mass is 9.94. The molecule has 2 fully saturated rings. The third-order valence-corrected chi connectivity index (χ3v) is 6.89. The summed E-state index contributed by atoms with van der Waals surface area (Å²) in [7, 11) is 0. The first-order valence-corrected chi connectivity index (χ1v) is 10.9. The van der Waals surface area contributed by atoms with E-state index >= 15 is 0 Å². The molecule has 1 aliphatic heterocycles. The van der Waals surface area contributed by atoms with Crippen molar-refractivity contribution in [3.63, 3.8) is 0 Å². The molecule has 10 nitrogen and oxygen atoms in total. The lowest BCUT2D eigenvalue weighted by molar-refractivity contribution is -0.0791. The number of ether oxygens (including phenoxy) is 2. The molecule has 0 spiro atoms. The highest BCUT2D eigenvalue weighted by Crippen LogP contribution is 2.48. The van der Waals surface area contributed by atoms with Gasteiger partial charge in [-0.15, -0.1) is 0 Å². The molecule has 1 aliphatic carbocycles. The molecule has 1 saturated heterocycles. The summed E-state index contributed by atoms with van der Waals surface area (Å²) in [5.74, 6) is 0.0359. The third-order valence-electron chi connectivity index (χ3n) is 6.89. The molecule has 3 aromatic heterocycles. The van der Waals surface area contributed by atoms with Gasteiger partial charge in [0.25, 0.3) is 0 Å². The van der Waals surface area contributed by atoms with Gasteiger partial charge in [-0.25, -0.2) is 19.3 Å². The maximum Gasteiger partial charge on any atom is 0.165 e. The fraction of sp³-hybridized carbons (Fsp3) is 0.348. The van der Waals surface area contributed by atoms with Crippen molar-refractivity contribution in [2.24, 2.45) is 0 Å². The largest absolute Gasteiger partial charge is 0.488 e. The van der Waals surface area contributed by atoms with Crippen molar-refractivity contribution in [3.05, 3.63) is 48.2 Å². The molecule has 6 rings (SSSR count). The summed E-state index contributed by atoms with van der Waals surface area (Å²) < 4.78 is 27.7. The van der Waals surface area contributed by atoms with Crippen molar-refractivity contribution in [1.29, 1.82) is 0 Å². The Morgan fingerprint density at radius 3 is 2.88 bits per heavy atom. The molecule has 1 aromatic carbocycles. The minimum absolute atomic E-state index is 0.191. The second-order valence-corrected chi connectivity index (χ2v) is 8.97. The Labute approximate surface area is 192 Å². The Hall–Kier alpha value is -3.54. The minimum atomic E-state index is -1.50. The molecule has 11 heteroatoms. The number of aliphatic hydroxyl groups excluding tert-OH is 1. The van der Waals surface area contributed by atoms with Gasteiger partial charge in [0, 0.05) is 17.6 Å². The summed E-state index contributed by atoms with van der Waals surface area (Å²) in [5, 5.41) is 23.7. The molecule has 0 bridgehead atoms. The molecule has 0 amide bonds. The molecule has 4 aromatic rings. The maximum atomic E-state index is 13.7. The summed E-state index contributed by atoms with van der Waals surface area (Å²) in [6.45, 7) is 1.87. The van der Waals surface area contributed by atoms with Crippen LogP contribution in [0.3, 0.4) is 0 Å². The highest BCUT2D eigenvalue weighted by Gasteiger charge is 2.62. The number of anilines is 2. The van der Waals surface area contributed by atoms with Gasteiger partial charge in [0.2, 0.25) is 0 Å². The number of fused-ring (bicyclic) bond motifs is 3. The fourth-order valence-corrected chi connectivity index (χ4v) is 5.20. The second-order valence-electron chi connectivity index (χ2n) is 8.97. The van der Waals surface area contributed by atoms with Gasteiger partial charge in [-0.05, 0) is 43.5 Å². The van der Waals surface area contributed by atoms with Gasteiger partial charge >= 0.3 is 0 Å². The van der Waals surface area contributed by atoms with E-state index in [0.29, 0.717) is 46.3 Å². The van der Waals surface area contributed by atoms with E-state index in [2.05, 4.69) is 15.0 Å². The Kier molecular flexibility index (Phi) is 4.47. The number of halogens is 1. The Balaban J connectivity index is 1.31. The first kappa shape index (κ1) is 21.0. The van der Waals surface area contributed by atoms with Gasteiger partial charge in [0.1, 0.15) is 47.5 Å². The number of benzene rings is 1. The Bertz CT molecular complexity index is 1440. The summed E-state index contributed by atoms with van der Waals surface area (Å²) in [6, 6.07) is 6.36. The zero-order valence-corrected chi connectivity index (χ0v) is 18.2. The number of pyridine rings is 1. The molecule has 34 heavy (non-hydrogen) atoms. The van der Waals surface area contributed by atoms with Crippen molar-refractivity contribution in [3.8, 4) is 5.75 Å².